The van der Waals surface area contributed by atoms with Crippen LogP contribution in [0.2, 0.25) is 0 Å². The van der Waals surface area contributed by atoms with Gasteiger partial charge in [-0.1, -0.05) is 115 Å². The molecular weight excluding hydrogens is 456 g/mol. The Labute approximate surface area is 215 Å². The van der Waals surface area contributed by atoms with Crippen LogP contribution < -0.4 is 0 Å². The molecule has 0 aliphatic rings. The molecule has 0 aliphatic heterocycles. The first-order valence-electron chi connectivity index (χ1n) is 12.0. The van der Waals surface area contributed by atoms with Crippen molar-refractivity contribution in [3.63, 3.8) is 0 Å². The predicted molar refractivity (Wildman–Crippen MR) is 149 cm³/mol. The maximum atomic E-state index is 12.3. The van der Waals surface area contributed by atoms with Gasteiger partial charge in [-0.15, -0.1) is 0 Å². The first-order valence-corrected chi connectivity index (χ1v) is 12.0. The molecule has 0 aliphatic carbocycles. The molecule has 0 aromatic heterocycles. The van der Waals surface area contributed by atoms with Crippen LogP contribution in [0.5, 0.6) is 5.75 Å². The number of phenols is 1. The van der Waals surface area contributed by atoms with E-state index in [9.17, 15) is 14.7 Å². The van der Waals surface area contributed by atoms with Gasteiger partial charge in [0.1, 0.15) is 5.75 Å². The Balaban J connectivity index is 0.000000152. The van der Waals surface area contributed by atoms with Gasteiger partial charge in [0.15, 0.2) is 11.6 Å². The molecule has 0 atom stereocenters. The summed E-state index contributed by atoms with van der Waals surface area (Å²) in [6.45, 7) is 0. The molecule has 6 aromatic carbocycles. The lowest BCUT2D eigenvalue weighted by atomic mass is 10.00. The Bertz CT molecular complexity index is 1700. The first kappa shape index (κ1) is 23.7. The van der Waals surface area contributed by atoms with E-state index < -0.39 is 0 Å². The number of fused-ring (bicyclic) bond motifs is 2. The highest BCUT2D eigenvalue weighted by Gasteiger charge is 2.10. The second kappa shape index (κ2) is 10.7. The van der Waals surface area contributed by atoms with Crippen LogP contribution in [0, 0.1) is 0 Å². The molecule has 6 aromatic rings. The average molecular weight is 481 g/mol. The number of carbonyl (C=O) groups is 2. The highest BCUT2D eigenvalue weighted by atomic mass is 16.3. The van der Waals surface area contributed by atoms with E-state index in [4.69, 9.17) is 0 Å². The van der Waals surface area contributed by atoms with Gasteiger partial charge in [-0.3, -0.25) is 9.59 Å². The zero-order chi connectivity index (χ0) is 25.6. The lowest BCUT2D eigenvalue weighted by Gasteiger charge is -2.04. The van der Waals surface area contributed by atoms with E-state index >= 15 is 0 Å². The van der Waals surface area contributed by atoms with Crippen LogP contribution in [0.25, 0.3) is 21.5 Å². The SMILES string of the molecule is O=C(c1ccccc1)c1ccc2cc(O)ccc2c1.O=C(c1ccccc1)c1ccc2ccccc2c1. The van der Waals surface area contributed by atoms with Crippen molar-refractivity contribution >= 4 is 33.1 Å². The number of hydrogen-bond donors (Lipinski definition) is 1. The van der Waals surface area contributed by atoms with Crippen LogP contribution in [0.15, 0.2) is 140 Å². The molecule has 0 saturated carbocycles. The monoisotopic (exact) mass is 480 g/mol. The fourth-order valence-electron chi connectivity index (χ4n) is 4.22. The van der Waals surface area contributed by atoms with Crippen molar-refractivity contribution in [3.05, 3.63) is 162 Å². The Morgan fingerprint density at radius 3 is 1.35 bits per heavy atom. The molecule has 0 amide bonds. The van der Waals surface area contributed by atoms with E-state index in [0.29, 0.717) is 11.1 Å². The Hall–Kier alpha value is -5.02. The van der Waals surface area contributed by atoms with Gasteiger partial charge in [-0.05, 0) is 45.8 Å². The molecule has 0 spiro atoms. The van der Waals surface area contributed by atoms with Gasteiger partial charge in [-0.2, -0.15) is 0 Å². The summed E-state index contributed by atoms with van der Waals surface area (Å²) in [6.07, 6.45) is 0. The largest absolute Gasteiger partial charge is 0.508 e. The summed E-state index contributed by atoms with van der Waals surface area (Å²) in [7, 11) is 0. The number of benzene rings is 6. The fourth-order valence-corrected chi connectivity index (χ4v) is 4.22. The normalized spacial score (nSPS) is 10.5. The first-order chi connectivity index (χ1) is 18.1. The summed E-state index contributed by atoms with van der Waals surface area (Å²) in [5, 5.41) is 13.5. The lowest BCUT2D eigenvalue weighted by Crippen LogP contribution is -2.00. The van der Waals surface area contributed by atoms with Crippen LogP contribution >= 0.6 is 0 Å². The van der Waals surface area contributed by atoms with Crippen LogP contribution in [-0.4, -0.2) is 16.7 Å². The molecule has 37 heavy (non-hydrogen) atoms. The van der Waals surface area contributed by atoms with E-state index in [0.717, 1.165) is 32.7 Å². The third kappa shape index (κ3) is 5.47. The summed E-state index contributed by atoms with van der Waals surface area (Å²) in [5.41, 5.74) is 2.80. The predicted octanol–water partition coefficient (Wildman–Crippen LogP) is 7.85. The van der Waals surface area contributed by atoms with E-state index in [1.54, 1.807) is 18.2 Å². The lowest BCUT2D eigenvalue weighted by molar-refractivity contribution is 0.103. The highest BCUT2D eigenvalue weighted by Crippen LogP contribution is 2.22. The molecule has 0 bridgehead atoms. The van der Waals surface area contributed by atoms with Gasteiger partial charge >= 0.3 is 0 Å². The molecular formula is C34H24O3. The maximum absolute atomic E-state index is 12.3. The van der Waals surface area contributed by atoms with Crippen molar-refractivity contribution in [2.45, 2.75) is 0 Å². The van der Waals surface area contributed by atoms with Gasteiger partial charge in [0.25, 0.3) is 0 Å². The molecule has 0 fully saturated rings. The second-order valence-corrected chi connectivity index (χ2v) is 8.70. The van der Waals surface area contributed by atoms with Gasteiger partial charge < -0.3 is 5.11 Å². The van der Waals surface area contributed by atoms with Crippen molar-refractivity contribution in [1.29, 1.82) is 0 Å². The van der Waals surface area contributed by atoms with Crippen molar-refractivity contribution in [1.82, 2.24) is 0 Å². The van der Waals surface area contributed by atoms with Crippen LogP contribution in [0.4, 0.5) is 0 Å². The van der Waals surface area contributed by atoms with E-state index in [1.807, 2.05) is 121 Å². The van der Waals surface area contributed by atoms with Gasteiger partial charge in [0.05, 0.1) is 0 Å². The minimum Gasteiger partial charge on any atom is -0.508 e. The Kier molecular flexibility index (Phi) is 6.87. The number of hydrogen-bond acceptors (Lipinski definition) is 3. The molecule has 0 saturated heterocycles. The minimum atomic E-state index is 0.00979. The molecule has 178 valence electrons. The van der Waals surface area contributed by atoms with Crippen LogP contribution in [0.3, 0.4) is 0 Å². The molecule has 0 radical (unpaired) electrons. The summed E-state index contributed by atoms with van der Waals surface area (Å²) in [5.74, 6) is 0.312. The minimum absolute atomic E-state index is 0.00979. The summed E-state index contributed by atoms with van der Waals surface area (Å²) in [4.78, 5) is 24.6. The highest BCUT2D eigenvalue weighted by molar-refractivity contribution is 6.11. The van der Waals surface area contributed by atoms with Crippen molar-refractivity contribution in [2.75, 3.05) is 0 Å². The van der Waals surface area contributed by atoms with Gasteiger partial charge in [0, 0.05) is 22.3 Å². The van der Waals surface area contributed by atoms with Crippen LogP contribution in [-0.2, 0) is 0 Å². The number of ketones is 2. The van der Waals surface area contributed by atoms with Crippen molar-refractivity contribution < 1.29 is 14.7 Å². The topological polar surface area (TPSA) is 54.4 Å². The molecule has 3 heteroatoms. The Morgan fingerprint density at radius 2 is 0.784 bits per heavy atom. The van der Waals surface area contributed by atoms with E-state index in [-0.39, 0.29) is 17.3 Å². The standard InChI is InChI=1S/C17H12O2.C17H12O/c18-16-9-8-13-10-15(7-6-14(13)11-16)17(19)12-4-2-1-3-5-12;18-17(14-7-2-1-3-8-14)16-11-10-13-6-4-5-9-15(13)12-16/h1-11,18H;1-12H. The average Bonchev–Trinajstić information content (AvgIpc) is 2.97. The quantitative estimate of drug-likeness (QED) is 0.261. The van der Waals surface area contributed by atoms with E-state index in [2.05, 4.69) is 0 Å². The summed E-state index contributed by atoms with van der Waals surface area (Å²) >= 11 is 0. The molecule has 6 rings (SSSR count). The van der Waals surface area contributed by atoms with Gasteiger partial charge in [0.2, 0.25) is 0 Å². The fraction of sp³-hybridized carbons (Fsp3) is 0. The van der Waals surface area contributed by atoms with Crippen molar-refractivity contribution in [3.8, 4) is 5.75 Å². The molecule has 3 nitrogen and oxygen atoms in total. The summed E-state index contributed by atoms with van der Waals surface area (Å²) in [6, 6.07) is 43.1. The third-order valence-electron chi connectivity index (χ3n) is 6.17. The zero-order valence-corrected chi connectivity index (χ0v) is 20.0. The van der Waals surface area contributed by atoms with Crippen LogP contribution in [0.1, 0.15) is 31.8 Å². The maximum Gasteiger partial charge on any atom is 0.193 e. The summed E-state index contributed by atoms with van der Waals surface area (Å²) < 4.78 is 0. The molecule has 0 unspecified atom stereocenters. The number of aromatic hydroxyl groups is 1. The smallest absolute Gasteiger partial charge is 0.193 e. The molecule has 0 heterocycles. The second-order valence-electron chi connectivity index (χ2n) is 8.70. The Morgan fingerprint density at radius 1 is 0.378 bits per heavy atom. The number of carbonyl (C=O) groups excluding carboxylic acids is 2. The van der Waals surface area contributed by atoms with E-state index in [1.165, 1.54) is 0 Å². The van der Waals surface area contributed by atoms with Crippen molar-refractivity contribution in [2.24, 2.45) is 0 Å². The van der Waals surface area contributed by atoms with Gasteiger partial charge in [-0.25, -0.2) is 0 Å². The number of phenolic OH excluding ortho intramolecular Hbond substituents is 1. The molecule has 1 N–H and O–H groups in total. The third-order valence-corrected chi connectivity index (χ3v) is 6.17. The zero-order valence-electron chi connectivity index (χ0n) is 20.0. The number of rotatable bonds is 4.